The van der Waals surface area contributed by atoms with Crippen LogP contribution in [0.3, 0.4) is 0 Å². The van der Waals surface area contributed by atoms with E-state index in [1.165, 1.54) is 11.1 Å². The Morgan fingerprint density at radius 2 is 2.12 bits per heavy atom. The number of hydrogen-bond acceptors (Lipinski definition) is 2. The summed E-state index contributed by atoms with van der Waals surface area (Å²) in [6, 6.07) is 9.04. The fourth-order valence-corrected chi connectivity index (χ4v) is 2.47. The van der Waals surface area contributed by atoms with Crippen LogP contribution in [0.1, 0.15) is 30.9 Å². The molecule has 17 heavy (non-hydrogen) atoms. The number of aliphatic carboxylic acids is 1. The highest BCUT2D eigenvalue weighted by Gasteiger charge is 2.21. The molecular weight excluding hydrogens is 214 g/mol. The maximum absolute atomic E-state index is 10.5. The number of carbonyl (C=O) groups is 1. The summed E-state index contributed by atoms with van der Waals surface area (Å²) >= 11 is 0. The van der Waals surface area contributed by atoms with Crippen molar-refractivity contribution in [1.82, 2.24) is 4.90 Å². The predicted molar refractivity (Wildman–Crippen MR) is 66.9 cm³/mol. The second-order valence-electron chi connectivity index (χ2n) is 4.79. The van der Waals surface area contributed by atoms with Crippen molar-refractivity contribution in [1.29, 1.82) is 0 Å². The van der Waals surface area contributed by atoms with Gasteiger partial charge in [-0.2, -0.15) is 0 Å². The molecular formula is C14H19NO2. The molecule has 1 heterocycles. The van der Waals surface area contributed by atoms with Crippen molar-refractivity contribution in [2.75, 3.05) is 6.54 Å². The van der Waals surface area contributed by atoms with Gasteiger partial charge in [-0.15, -0.1) is 0 Å². The molecule has 1 atom stereocenters. The molecule has 3 heteroatoms. The van der Waals surface area contributed by atoms with E-state index in [4.69, 9.17) is 5.11 Å². The van der Waals surface area contributed by atoms with Gasteiger partial charge in [0.2, 0.25) is 0 Å². The van der Waals surface area contributed by atoms with E-state index in [1.54, 1.807) is 0 Å². The summed E-state index contributed by atoms with van der Waals surface area (Å²) in [4.78, 5) is 12.9. The Bertz CT molecular complexity index is 403. The van der Waals surface area contributed by atoms with Crippen molar-refractivity contribution in [3.8, 4) is 0 Å². The quantitative estimate of drug-likeness (QED) is 0.867. The Labute approximate surface area is 102 Å². The number of rotatable bonds is 4. The van der Waals surface area contributed by atoms with Gasteiger partial charge in [0.25, 0.3) is 0 Å². The number of fused-ring (bicyclic) bond motifs is 1. The molecule has 1 aromatic carbocycles. The van der Waals surface area contributed by atoms with E-state index in [0.29, 0.717) is 6.04 Å². The first-order valence-corrected chi connectivity index (χ1v) is 6.19. The van der Waals surface area contributed by atoms with E-state index in [-0.39, 0.29) is 6.42 Å². The smallest absolute Gasteiger partial charge is 0.303 e. The van der Waals surface area contributed by atoms with Crippen LogP contribution in [-0.4, -0.2) is 28.6 Å². The summed E-state index contributed by atoms with van der Waals surface area (Å²) < 4.78 is 0. The van der Waals surface area contributed by atoms with E-state index in [9.17, 15) is 4.79 Å². The van der Waals surface area contributed by atoms with Crippen LogP contribution in [0.15, 0.2) is 24.3 Å². The second-order valence-corrected chi connectivity index (χ2v) is 4.79. The van der Waals surface area contributed by atoms with Gasteiger partial charge in [-0.25, -0.2) is 0 Å². The molecule has 1 aliphatic rings. The van der Waals surface area contributed by atoms with Crippen LogP contribution in [0.2, 0.25) is 0 Å². The van der Waals surface area contributed by atoms with Crippen molar-refractivity contribution in [2.24, 2.45) is 0 Å². The largest absolute Gasteiger partial charge is 0.481 e. The van der Waals surface area contributed by atoms with E-state index in [2.05, 4.69) is 36.1 Å². The fourth-order valence-electron chi connectivity index (χ4n) is 2.47. The third-order valence-electron chi connectivity index (χ3n) is 3.47. The van der Waals surface area contributed by atoms with E-state index < -0.39 is 5.97 Å². The molecule has 0 saturated carbocycles. The van der Waals surface area contributed by atoms with Crippen LogP contribution in [0, 0.1) is 0 Å². The summed E-state index contributed by atoms with van der Waals surface area (Å²) in [5, 5.41) is 8.65. The van der Waals surface area contributed by atoms with Gasteiger partial charge in [0.15, 0.2) is 0 Å². The molecule has 3 nitrogen and oxygen atoms in total. The minimum absolute atomic E-state index is 0.269. The summed E-state index contributed by atoms with van der Waals surface area (Å²) in [5.41, 5.74) is 2.83. The molecule has 1 N–H and O–H groups in total. The third kappa shape index (κ3) is 3.07. The monoisotopic (exact) mass is 233 g/mol. The maximum Gasteiger partial charge on any atom is 0.303 e. The molecule has 92 valence electrons. The van der Waals surface area contributed by atoms with Crippen molar-refractivity contribution >= 4 is 5.97 Å². The minimum Gasteiger partial charge on any atom is -0.481 e. The van der Waals surface area contributed by atoms with E-state index >= 15 is 0 Å². The minimum atomic E-state index is -0.699. The molecule has 0 amide bonds. The van der Waals surface area contributed by atoms with Crippen LogP contribution < -0.4 is 0 Å². The molecule has 0 bridgehead atoms. The first kappa shape index (κ1) is 12.1. The lowest BCUT2D eigenvalue weighted by atomic mass is 9.95. The van der Waals surface area contributed by atoms with Crippen LogP contribution >= 0.6 is 0 Å². The Hall–Kier alpha value is -1.35. The molecule has 0 aromatic heterocycles. The number of carboxylic acid groups (broad SMARTS) is 1. The Morgan fingerprint density at radius 3 is 2.82 bits per heavy atom. The molecule has 1 aliphatic heterocycles. The van der Waals surface area contributed by atoms with E-state index in [1.807, 2.05) is 0 Å². The van der Waals surface area contributed by atoms with Crippen LogP contribution in [0.25, 0.3) is 0 Å². The molecule has 0 radical (unpaired) electrons. The SMILES string of the molecule is C[C@H]1Cc2ccccc2CN1CCCC(=O)O. The number of hydrogen-bond donors (Lipinski definition) is 1. The predicted octanol–water partition coefficient (Wildman–Crippen LogP) is 2.30. The molecule has 0 fully saturated rings. The Balaban J connectivity index is 1.95. The molecule has 0 saturated heterocycles. The van der Waals surface area contributed by atoms with Gasteiger partial charge in [0.05, 0.1) is 0 Å². The van der Waals surface area contributed by atoms with Crippen LogP contribution in [-0.2, 0) is 17.8 Å². The van der Waals surface area contributed by atoms with Gasteiger partial charge in [-0.05, 0) is 37.4 Å². The normalized spacial score (nSPS) is 19.9. The first-order chi connectivity index (χ1) is 8.16. The Kier molecular flexibility index (Phi) is 3.79. The van der Waals surface area contributed by atoms with Crippen LogP contribution in [0.4, 0.5) is 0 Å². The highest BCUT2D eigenvalue weighted by atomic mass is 16.4. The first-order valence-electron chi connectivity index (χ1n) is 6.19. The lowest BCUT2D eigenvalue weighted by molar-refractivity contribution is -0.137. The van der Waals surface area contributed by atoms with Gasteiger partial charge in [-0.1, -0.05) is 24.3 Å². The molecule has 0 aliphatic carbocycles. The summed E-state index contributed by atoms with van der Waals surface area (Å²) in [6.45, 7) is 4.05. The van der Waals surface area contributed by atoms with Crippen molar-refractivity contribution < 1.29 is 9.90 Å². The number of nitrogens with zero attached hydrogens (tertiary/aromatic N) is 1. The Morgan fingerprint density at radius 1 is 1.41 bits per heavy atom. The van der Waals surface area contributed by atoms with Gasteiger partial charge < -0.3 is 5.11 Å². The third-order valence-corrected chi connectivity index (χ3v) is 3.47. The average Bonchev–Trinajstić information content (AvgIpc) is 2.29. The van der Waals surface area contributed by atoms with Gasteiger partial charge in [0.1, 0.15) is 0 Å². The summed E-state index contributed by atoms with van der Waals surface area (Å²) in [6.07, 6.45) is 2.08. The molecule has 2 rings (SSSR count). The highest BCUT2D eigenvalue weighted by Crippen LogP contribution is 2.23. The maximum atomic E-state index is 10.5. The summed E-state index contributed by atoms with van der Waals surface area (Å²) in [7, 11) is 0. The fraction of sp³-hybridized carbons (Fsp3) is 0.500. The number of carboxylic acids is 1. The highest BCUT2D eigenvalue weighted by molar-refractivity contribution is 5.66. The van der Waals surface area contributed by atoms with Gasteiger partial charge in [0, 0.05) is 19.0 Å². The van der Waals surface area contributed by atoms with Gasteiger partial charge >= 0.3 is 5.97 Å². The number of benzene rings is 1. The topological polar surface area (TPSA) is 40.5 Å². The van der Waals surface area contributed by atoms with Gasteiger partial charge in [-0.3, -0.25) is 9.69 Å². The summed E-state index contributed by atoms with van der Waals surface area (Å²) in [5.74, 6) is -0.699. The molecule has 0 unspecified atom stereocenters. The second kappa shape index (κ2) is 5.32. The molecule has 1 aromatic rings. The molecule has 0 spiro atoms. The zero-order valence-electron chi connectivity index (χ0n) is 10.2. The zero-order valence-corrected chi connectivity index (χ0v) is 10.2. The lowest BCUT2D eigenvalue weighted by Gasteiger charge is -2.34. The van der Waals surface area contributed by atoms with Crippen LogP contribution in [0.5, 0.6) is 0 Å². The lowest BCUT2D eigenvalue weighted by Crippen LogP contribution is -2.39. The van der Waals surface area contributed by atoms with Crippen molar-refractivity contribution in [2.45, 2.75) is 38.8 Å². The van der Waals surface area contributed by atoms with Crippen molar-refractivity contribution in [3.05, 3.63) is 35.4 Å². The van der Waals surface area contributed by atoms with E-state index in [0.717, 1.165) is 25.9 Å². The zero-order chi connectivity index (χ0) is 12.3. The standard InChI is InChI=1S/C14H19NO2/c1-11-9-12-5-2-3-6-13(12)10-15(11)8-4-7-14(16)17/h2-3,5-6,11H,4,7-10H2,1H3,(H,16,17)/t11-/m0/s1. The van der Waals surface area contributed by atoms with Crippen molar-refractivity contribution in [3.63, 3.8) is 0 Å². The average molecular weight is 233 g/mol.